The molecule has 1 fully saturated rings. The van der Waals surface area contributed by atoms with Crippen LogP contribution in [0, 0.1) is 18.2 Å². The average molecular weight is 413 g/mol. The molecule has 4 N–H and O–H groups in total. The highest BCUT2D eigenvalue weighted by atomic mass is 19.1. The van der Waals surface area contributed by atoms with E-state index in [1.165, 1.54) is 6.07 Å². The van der Waals surface area contributed by atoms with E-state index in [1.54, 1.807) is 6.07 Å². The number of carbonyl (C=O) groups excluding carboxylic acids is 2. The van der Waals surface area contributed by atoms with Crippen molar-refractivity contribution >= 4 is 17.4 Å². The number of anilines is 1. The molecule has 2 aliphatic carbocycles. The minimum Gasteiger partial charge on any atom is -0.391 e. The zero-order valence-corrected chi connectivity index (χ0v) is 17.6. The van der Waals surface area contributed by atoms with Crippen molar-refractivity contribution in [1.82, 2.24) is 4.57 Å². The number of Topliss-reactive ketones (excluding diaryl/α,β-unsaturated/α-hetero) is 1. The number of aromatic nitrogens is 1. The number of hydrogen-bond acceptors (Lipinski definition) is 4. The summed E-state index contributed by atoms with van der Waals surface area (Å²) < 4.78 is 16.8. The van der Waals surface area contributed by atoms with Crippen LogP contribution in [0.1, 0.15) is 71.5 Å². The molecule has 0 unspecified atom stereocenters. The molecule has 1 amide bonds. The Balaban J connectivity index is 1.84. The predicted molar refractivity (Wildman–Crippen MR) is 113 cm³/mol. The minimum absolute atomic E-state index is 0.0964. The first-order valence-electron chi connectivity index (χ1n) is 10.4. The maximum Gasteiger partial charge on any atom is 0.253 e. The molecule has 0 spiro atoms. The fourth-order valence-electron chi connectivity index (χ4n) is 4.91. The van der Waals surface area contributed by atoms with Gasteiger partial charge in [0.2, 0.25) is 0 Å². The van der Waals surface area contributed by atoms with Gasteiger partial charge >= 0.3 is 0 Å². The monoisotopic (exact) mass is 413 g/mol. The van der Waals surface area contributed by atoms with E-state index >= 15 is 4.39 Å². The standard InChI is InChI=1S/C23H28FN3O3/c1-12-11-27(17-9-23(2,3)10-19(29)20(12)17)13-7-14(24)21(22(25)30)16(8-13)26-15-5-4-6-18(15)28/h7-8,11,15,18,26,28H,4-6,9-10H2,1-3H3,(H2,25,30)/t15-,18-/m0/s1. The SMILES string of the molecule is Cc1cn(-c2cc(F)c(C(N)=O)c(N[C@H]3CCC[C@@H]3O)c2)c2c1C(=O)CC(C)(C)C2. The molecule has 1 saturated carbocycles. The number of amides is 1. The molecular weight excluding hydrogens is 385 g/mol. The van der Waals surface area contributed by atoms with Crippen molar-refractivity contribution in [1.29, 1.82) is 0 Å². The summed E-state index contributed by atoms with van der Waals surface area (Å²) in [5, 5.41) is 13.3. The van der Waals surface area contributed by atoms with E-state index in [9.17, 15) is 14.7 Å². The van der Waals surface area contributed by atoms with Gasteiger partial charge in [0.25, 0.3) is 5.91 Å². The quantitative estimate of drug-likeness (QED) is 0.715. The van der Waals surface area contributed by atoms with Crippen molar-refractivity contribution < 1.29 is 19.1 Å². The summed E-state index contributed by atoms with van der Waals surface area (Å²) in [6.07, 6.45) is 4.69. The Morgan fingerprint density at radius 3 is 2.67 bits per heavy atom. The normalized spacial score (nSPS) is 22.8. The number of ketones is 1. The van der Waals surface area contributed by atoms with Gasteiger partial charge in [-0.25, -0.2) is 4.39 Å². The number of aliphatic hydroxyl groups is 1. The topological polar surface area (TPSA) is 97.3 Å². The highest BCUT2D eigenvalue weighted by molar-refractivity contribution is 6.01. The molecule has 1 aromatic carbocycles. The van der Waals surface area contributed by atoms with Crippen LogP contribution in [0.2, 0.25) is 0 Å². The number of benzene rings is 1. The molecule has 0 saturated heterocycles. The lowest BCUT2D eigenvalue weighted by molar-refractivity contribution is 0.0909. The van der Waals surface area contributed by atoms with Crippen molar-refractivity contribution in [3.8, 4) is 5.69 Å². The Bertz CT molecular complexity index is 1040. The largest absolute Gasteiger partial charge is 0.391 e. The van der Waals surface area contributed by atoms with E-state index in [0.717, 1.165) is 24.1 Å². The lowest BCUT2D eigenvalue weighted by atomic mass is 9.75. The number of rotatable bonds is 4. The van der Waals surface area contributed by atoms with E-state index in [0.29, 0.717) is 30.5 Å². The third-order valence-electron chi connectivity index (χ3n) is 6.28. The molecule has 2 aliphatic rings. The van der Waals surface area contributed by atoms with Gasteiger partial charge in [0, 0.05) is 23.9 Å². The summed E-state index contributed by atoms with van der Waals surface area (Å²) in [4.78, 5) is 24.7. The Hall–Kier alpha value is -2.67. The van der Waals surface area contributed by atoms with Crippen molar-refractivity contribution in [2.45, 2.75) is 65.0 Å². The number of hydrogen-bond donors (Lipinski definition) is 3. The number of nitrogens with one attached hydrogen (secondary N) is 1. The number of nitrogens with two attached hydrogens (primary N) is 1. The van der Waals surface area contributed by atoms with E-state index in [-0.39, 0.29) is 28.5 Å². The maximum atomic E-state index is 15.0. The first-order chi connectivity index (χ1) is 14.1. The lowest BCUT2D eigenvalue weighted by Crippen LogP contribution is -2.30. The minimum atomic E-state index is -0.865. The Kier molecular flexibility index (Phi) is 4.97. The molecule has 160 valence electrons. The van der Waals surface area contributed by atoms with Crippen LogP contribution in [0.25, 0.3) is 5.69 Å². The molecule has 1 aromatic heterocycles. The lowest BCUT2D eigenvalue weighted by Gasteiger charge is -2.30. The van der Waals surface area contributed by atoms with Crippen LogP contribution in [0.15, 0.2) is 18.3 Å². The van der Waals surface area contributed by atoms with Gasteiger partial charge in [0.1, 0.15) is 5.82 Å². The van der Waals surface area contributed by atoms with Gasteiger partial charge < -0.3 is 20.7 Å². The fraction of sp³-hybridized carbons (Fsp3) is 0.478. The zero-order chi connectivity index (χ0) is 21.8. The van der Waals surface area contributed by atoms with Gasteiger partial charge in [0.15, 0.2) is 5.78 Å². The zero-order valence-electron chi connectivity index (χ0n) is 17.6. The first kappa shape index (κ1) is 20.6. The van der Waals surface area contributed by atoms with Crippen LogP contribution < -0.4 is 11.1 Å². The molecule has 7 heteroatoms. The summed E-state index contributed by atoms with van der Waals surface area (Å²) in [6.45, 7) is 5.98. The van der Waals surface area contributed by atoms with E-state index in [1.807, 2.05) is 31.5 Å². The van der Waals surface area contributed by atoms with Crippen LogP contribution in [-0.4, -0.2) is 33.5 Å². The fourth-order valence-corrected chi connectivity index (χ4v) is 4.91. The smallest absolute Gasteiger partial charge is 0.253 e. The van der Waals surface area contributed by atoms with Crippen LogP contribution in [0.3, 0.4) is 0 Å². The number of halogens is 1. The average Bonchev–Trinajstić information content (AvgIpc) is 3.16. The Morgan fingerprint density at radius 1 is 1.30 bits per heavy atom. The number of nitrogens with zero attached hydrogens (tertiary/aromatic N) is 1. The Labute approximate surface area is 175 Å². The van der Waals surface area contributed by atoms with Crippen LogP contribution >= 0.6 is 0 Å². The molecule has 0 bridgehead atoms. The highest BCUT2D eigenvalue weighted by Gasteiger charge is 2.35. The summed E-state index contributed by atoms with van der Waals surface area (Å²) in [7, 11) is 0. The second kappa shape index (κ2) is 7.23. The highest BCUT2D eigenvalue weighted by Crippen LogP contribution is 2.39. The number of primary amides is 1. The molecule has 0 aliphatic heterocycles. The number of aliphatic hydroxyl groups excluding tert-OH is 1. The molecule has 0 radical (unpaired) electrons. The summed E-state index contributed by atoms with van der Waals surface area (Å²) >= 11 is 0. The van der Waals surface area contributed by atoms with Crippen molar-refractivity contribution in [2.75, 3.05) is 5.32 Å². The third-order valence-corrected chi connectivity index (χ3v) is 6.28. The second-order valence-corrected chi connectivity index (χ2v) is 9.41. The molecule has 4 rings (SSSR count). The Morgan fingerprint density at radius 2 is 2.03 bits per heavy atom. The number of fused-ring (bicyclic) bond motifs is 1. The van der Waals surface area contributed by atoms with Gasteiger partial charge in [-0.05, 0) is 55.7 Å². The van der Waals surface area contributed by atoms with E-state index in [2.05, 4.69) is 5.32 Å². The summed E-state index contributed by atoms with van der Waals surface area (Å²) in [5.41, 5.74) is 8.24. The van der Waals surface area contributed by atoms with Gasteiger partial charge in [-0.1, -0.05) is 13.8 Å². The molecule has 2 atom stereocenters. The van der Waals surface area contributed by atoms with Gasteiger partial charge in [-0.15, -0.1) is 0 Å². The molecule has 6 nitrogen and oxygen atoms in total. The van der Waals surface area contributed by atoms with Gasteiger partial charge in [-0.2, -0.15) is 0 Å². The van der Waals surface area contributed by atoms with E-state index in [4.69, 9.17) is 5.73 Å². The van der Waals surface area contributed by atoms with Crippen molar-refractivity contribution in [3.05, 3.63) is 46.5 Å². The summed E-state index contributed by atoms with van der Waals surface area (Å²) in [5.74, 6) is -1.49. The third kappa shape index (κ3) is 3.51. The summed E-state index contributed by atoms with van der Waals surface area (Å²) in [6, 6.07) is 2.70. The predicted octanol–water partition coefficient (Wildman–Crippen LogP) is 3.50. The molecule has 1 heterocycles. The van der Waals surface area contributed by atoms with Crippen LogP contribution in [0.4, 0.5) is 10.1 Å². The van der Waals surface area contributed by atoms with E-state index < -0.39 is 17.8 Å². The van der Waals surface area contributed by atoms with Gasteiger partial charge in [-0.3, -0.25) is 9.59 Å². The van der Waals surface area contributed by atoms with Crippen LogP contribution in [-0.2, 0) is 6.42 Å². The molecule has 2 aromatic rings. The number of carbonyl (C=O) groups is 2. The number of aryl methyl sites for hydroxylation is 1. The molecular formula is C23H28FN3O3. The second-order valence-electron chi connectivity index (χ2n) is 9.41. The van der Waals surface area contributed by atoms with Gasteiger partial charge in [0.05, 0.1) is 29.1 Å². The molecule has 30 heavy (non-hydrogen) atoms. The van der Waals surface area contributed by atoms with Crippen molar-refractivity contribution in [2.24, 2.45) is 11.1 Å². The maximum absolute atomic E-state index is 15.0. The van der Waals surface area contributed by atoms with Crippen molar-refractivity contribution in [3.63, 3.8) is 0 Å². The van der Waals surface area contributed by atoms with Crippen LogP contribution in [0.5, 0.6) is 0 Å². The first-order valence-corrected chi connectivity index (χ1v) is 10.4.